The zero-order chi connectivity index (χ0) is 24.6. The third-order valence-electron chi connectivity index (χ3n) is 5.20. The normalized spacial score (nSPS) is 11.3. The van der Waals surface area contributed by atoms with Gasteiger partial charge >= 0.3 is 0 Å². The molecule has 2 N–H and O–H groups in total. The number of carbonyl (C=O) groups is 2. The lowest BCUT2D eigenvalue weighted by atomic mass is 9.95. The summed E-state index contributed by atoms with van der Waals surface area (Å²) in [6.07, 6.45) is 0. The van der Waals surface area contributed by atoms with Crippen molar-refractivity contribution >= 4 is 40.1 Å². The maximum atomic E-state index is 12.9. The molecule has 0 aliphatic carbocycles. The number of nitrogens with one attached hydrogen (secondary N) is 1. The molecule has 0 aliphatic heterocycles. The maximum Gasteiger partial charge on any atom is 0.231 e. The number of nitrogens with zero attached hydrogens (tertiary/aromatic N) is 2. The summed E-state index contributed by atoms with van der Waals surface area (Å²) in [5, 5.41) is 23.5. The molecule has 2 heterocycles. The first-order chi connectivity index (χ1) is 16.1. The Morgan fingerprint density at radius 3 is 2.41 bits per heavy atom. The number of furan rings is 1. The molecule has 4 rings (SSSR count). The smallest absolute Gasteiger partial charge is 0.231 e. The number of benzene rings is 2. The Balaban J connectivity index is 2.10. The molecule has 0 fully saturated rings. The number of rotatable bonds is 5. The summed E-state index contributed by atoms with van der Waals surface area (Å²) in [6.45, 7) is 3.98. The number of amides is 1. The first-order valence-electron chi connectivity index (χ1n) is 10.4. The minimum Gasteiger partial charge on any atom is -0.432 e. The van der Waals surface area contributed by atoms with E-state index in [9.17, 15) is 20.0 Å². The molecular weight excluding hydrogens is 454 g/mol. The van der Waals surface area contributed by atoms with Gasteiger partial charge in [0.25, 0.3) is 0 Å². The number of aliphatic hydroxyl groups is 1. The van der Waals surface area contributed by atoms with Gasteiger partial charge in [0.15, 0.2) is 5.76 Å². The molecule has 0 unspecified atom stereocenters. The van der Waals surface area contributed by atoms with Crippen LogP contribution in [0.4, 0.5) is 5.69 Å². The Bertz CT molecular complexity index is 1480. The molecule has 34 heavy (non-hydrogen) atoms. The number of hydrogen-bond donors (Lipinski definition) is 2. The fraction of sp³-hybridized carbons (Fsp3) is 0.154. The number of Topliss-reactive ketones (excluding diaryl/α,β-unsaturated/α-hetero) is 1. The molecule has 0 radical (unpaired) electrons. The fourth-order valence-electron chi connectivity index (χ4n) is 3.60. The summed E-state index contributed by atoms with van der Waals surface area (Å²) >= 11 is 6.08. The second-order valence-corrected chi connectivity index (χ2v) is 8.71. The molecule has 0 saturated heterocycles. The molecule has 0 spiro atoms. The van der Waals surface area contributed by atoms with Crippen molar-refractivity contribution in [3.05, 3.63) is 70.9 Å². The van der Waals surface area contributed by atoms with E-state index in [4.69, 9.17) is 16.0 Å². The van der Waals surface area contributed by atoms with Crippen LogP contribution in [0.2, 0.25) is 5.02 Å². The van der Waals surface area contributed by atoms with Crippen molar-refractivity contribution in [3.8, 4) is 28.5 Å². The van der Waals surface area contributed by atoms with Crippen LogP contribution in [-0.2, 0) is 4.79 Å². The molecule has 0 saturated carbocycles. The van der Waals surface area contributed by atoms with Crippen molar-refractivity contribution in [1.29, 1.82) is 5.26 Å². The van der Waals surface area contributed by atoms with E-state index in [0.29, 0.717) is 32.8 Å². The van der Waals surface area contributed by atoms with Gasteiger partial charge in [-0.15, -0.1) is 0 Å². The van der Waals surface area contributed by atoms with E-state index in [1.807, 2.05) is 12.1 Å². The van der Waals surface area contributed by atoms with Crippen LogP contribution in [0.1, 0.15) is 36.9 Å². The van der Waals surface area contributed by atoms with E-state index in [-0.39, 0.29) is 17.2 Å². The summed E-state index contributed by atoms with van der Waals surface area (Å²) in [5.74, 6) is -1.33. The first kappa shape index (κ1) is 23.2. The van der Waals surface area contributed by atoms with Gasteiger partial charge in [-0.2, -0.15) is 5.26 Å². The van der Waals surface area contributed by atoms with Gasteiger partial charge in [0.05, 0.1) is 22.7 Å². The molecule has 4 aromatic rings. The van der Waals surface area contributed by atoms with E-state index in [1.54, 1.807) is 42.5 Å². The van der Waals surface area contributed by atoms with Crippen LogP contribution >= 0.6 is 11.6 Å². The topological polar surface area (TPSA) is 116 Å². The fourth-order valence-corrected chi connectivity index (χ4v) is 3.73. The highest BCUT2D eigenvalue weighted by Gasteiger charge is 2.33. The second-order valence-electron chi connectivity index (χ2n) is 8.28. The molecule has 0 atom stereocenters. The minimum atomic E-state index is -1.74. The molecule has 8 heteroatoms. The Morgan fingerprint density at radius 1 is 1.12 bits per heavy atom. The van der Waals surface area contributed by atoms with Crippen molar-refractivity contribution < 1.29 is 19.1 Å². The number of nitriles is 1. The summed E-state index contributed by atoms with van der Waals surface area (Å²) in [7, 11) is 0. The van der Waals surface area contributed by atoms with E-state index < -0.39 is 17.3 Å². The SMILES string of the molecule is CC(=O)Nc1c(C(=O)C(C)(C)O)oc2nc(-c3ccccc3C#N)c(-c3ccc(Cl)cc3)cc12. The van der Waals surface area contributed by atoms with Crippen LogP contribution in [0.15, 0.2) is 59.0 Å². The molecule has 0 aliphatic rings. The van der Waals surface area contributed by atoms with E-state index in [1.165, 1.54) is 20.8 Å². The standard InChI is InChI=1S/C26H20ClN3O4/c1-14(31)29-22-20-12-19(15-8-10-17(27)11-9-15)21(18-7-5-4-6-16(18)13-28)30-25(20)34-23(22)24(32)26(2,3)33/h4-12,33H,1-3H3,(H,29,31). The average Bonchev–Trinajstić information content (AvgIpc) is 3.14. The number of aromatic nitrogens is 1. The Morgan fingerprint density at radius 2 is 1.79 bits per heavy atom. The Labute approximate surface area is 200 Å². The summed E-state index contributed by atoms with van der Waals surface area (Å²) in [4.78, 5) is 29.5. The van der Waals surface area contributed by atoms with Crippen LogP contribution in [0, 0.1) is 11.3 Å². The molecule has 7 nitrogen and oxygen atoms in total. The molecule has 2 aromatic carbocycles. The number of ketones is 1. The van der Waals surface area contributed by atoms with Crippen LogP contribution in [0.25, 0.3) is 33.5 Å². The van der Waals surface area contributed by atoms with Crippen molar-refractivity contribution in [1.82, 2.24) is 4.98 Å². The number of halogens is 1. The van der Waals surface area contributed by atoms with Crippen molar-refractivity contribution in [3.63, 3.8) is 0 Å². The zero-order valence-corrected chi connectivity index (χ0v) is 19.4. The first-order valence-corrected chi connectivity index (χ1v) is 10.8. The van der Waals surface area contributed by atoms with Crippen LogP contribution in [0.5, 0.6) is 0 Å². The van der Waals surface area contributed by atoms with Gasteiger partial charge in [0.2, 0.25) is 17.4 Å². The maximum absolute atomic E-state index is 12.9. The van der Waals surface area contributed by atoms with Crippen LogP contribution in [-0.4, -0.2) is 27.4 Å². The third kappa shape index (κ3) is 4.29. The zero-order valence-electron chi connectivity index (χ0n) is 18.6. The lowest BCUT2D eigenvalue weighted by molar-refractivity contribution is -0.114. The summed E-state index contributed by atoms with van der Waals surface area (Å²) < 4.78 is 5.79. The van der Waals surface area contributed by atoms with E-state index in [0.717, 1.165) is 5.56 Å². The van der Waals surface area contributed by atoms with Gasteiger partial charge < -0.3 is 14.8 Å². The molecule has 1 amide bonds. The highest BCUT2D eigenvalue weighted by Crippen LogP contribution is 2.40. The monoisotopic (exact) mass is 473 g/mol. The lowest BCUT2D eigenvalue weighted by Gasteiger charge is -2.14. The van der Waals surface area contributed by atoms with Gasteiger partial charge in [-0.3, -0.25) is 9.59 Å². The number of pyridine rings is 1. The largest absolute Gasteiger partial charge is 0.432 e. The average molecular weight is 474 g/mol. The number of anilines is 1. The van der Waals surface area contributed by atoms with Crippen molar-refractivity contribution in [2.75, 3.05) is 5.32 Å². The van der Waals surface area contributed by atoms with Gasteiger partial charge in [-0.25, -0.2) is 4.98 Å². The molecule has 0 bridgehead atoms. The van der Waals surface area contributed by atoms with Gasteiger partial charge in [0, 0.05) is 23.1 Å². The summed E-state index contributed by atoms with van der Waals surface area (Å²) in [5.41, 5.74) is 1.30. The van der Waals surface area contributed by atoms with Crippen LogP contribution < -0.4 is 5.32 Å². The number of fused-ring (bicyclic) bond motifs is 1. The predicted octanol–water partition coefficient (Wildman–Crippen LogP) is 5.60. The van der Waals surface area contributed by atoms with E-state index in [2.05, 4.69) is 16.4 Å². The highest BCUT2D eigenvalue weighted by atomic mass is 35.5. The van der Waals surface area contributed by atoms with Gasteiger partial charge in [-0.05, 0) is 43.7 Å². The Hall–Kier alpha value is -3.99. The lowest BCUT2D eigenvalue weighted by Crippen LogP contribution is -2.31. The van der Waals surface area contributed by atoms with Crippen molar-refractivity contribution in [2.24, 2.45) is 0 Å². The van der Waals surface area contributed by atoms with Crippen LogP contribution in [0.3, 0.4) is 0 Å². The molecule has 2 aromatic heterocycles. The Kier molecular flexibility index (Phi) is 5.96. The predicted molar refractivity (Wildman–Crippen MR) is 130 cm³/mol. The third-order valence-corrected chi connectivity index (χ3v) is 5.46. The number of carbonyl (C=O) groups excluding carboxylic acids is 2. The molecular formula is C26H20ClN3O4. The van der Waals surface area contributed by atoms with Gasteiger partial charge in [-0.1, -0.05) is 41.9 Å². The van der Waals surface area contributed by atoms with Gasteiger partial charge in [0.1, 0.15) is 11.3 Å². The van der Waals surface area contributed by atoms with Crippen molar-refractivity contribution in [2.45, 2.75) is 26.4 Å². The van der Waals surface area contributed by atoms with E-state index >= 15 is 0 Å². The highest BCUT2D eigenvalue weighted by molar-refractivity contribution is 6.30. The minimum absolute atomic E-state index is 0.0804. The quantitative estimate of drug-likeness (QED) is 0.364. The second kappa shape index (κ2) is 8.75. The number of hydrogen-bond acceptors (Lipinski definition) is 6. The molecule has 170 valence electrons. The summed E-state index contributed by atoms with van der Waals surface area (Å²) in [6, 6.07) is 18.0.